The number of carbonyl (C=O) groups excluding carboxylic acids is 1. The van der Waals surface area contributed by atoms with Gasteiger partial charge in [-0.25, -0.2) is 4.79 Å². The van der Waals surface area contributed by atoms with Crippen molar-refractivity contribution in [3.8, 4) is 5.75 Å². The molecular weight excluding hydrogens is 446 g/mol. The third-order valence-electron chi connectivity index (χ3n) is 5.11. The van der Waals surface area contributed by atoms with Crippen molar-refractivity contribution < 1.29 is 19.8 Å². The minimum absolute atomic E-state index is 0.279. The number of urea groups is 1. The van der Waals surface area contributed by atoms with Gasteiger partial charge in [-0.05, 0) is 42.2 Å². The molecule has 0 saturated carbocycles. The summed E-state index contributed by atoms with van der Waals surface area (Å²) >= 11 is 6.05. The number of carboxylic acid groups (broad SMARTS) is 1. The summed E-state index contributed by atoms with van der Waals surface area (Å²) in [6.07, 6.45) is 1.65. The lowest BCUT2D eigenvalue weighted by Gasteiger charge is -2.19. The van der Waals surface area contributed by atoms with Crippen molar-refractivity contribution in [1.29, 1.82) is 0 Å². The number of anilines is 1. The number of amides is 2. The number of aromatic hydroxyl groups is 1. The van der Waals surface area contributed by atoms with Crippen LogP contribution in [-0.2, 0) is 18.3 Å². The van der Waals surface area contributed by atoms with Crippen molar-refractivity contribution in [2.24, 2.45) is 7.05 Å². The van der Waals surface area contributed by atoms with Gasteiger partial charge in [0.15, 0.2) is 5.69 Å². The maximum absolute atomic E-state index is 12.6. The monoisotopic (exact) mass is 469 g/mol. The Morgan fingerprint density at radius 2 is 1.79 bits per heavy atom. The fourth-order valence-corrected chi connectivity index (χ4v) is 3.75. The van der Waals surface area contributed by atoms with Gasteiger partial charge in [0.1, 0.15) is 5.75 Å². The average molecular weight is 470 g/mol. The number of carbonyl (C=O) groups is 2. The van der Waals surface area contributed by atoms with Crippen LogP contribution >= 0.6 is 11.6 Å². The van der Waals surface area contributed by atoms with E-state index in [9.17, 15) is 24.6 Å². The van der Waals surface area contributed by atoms with Gasteiger partial charge in [-0.15, -0.1) is 0 Å². The molecule has 0 spiro atoms. The number of aromatic nitrogens is 1. The number of hydrogen-bond acceptors (Lipinski definition) is 4. The normalized spacial score (nSPS) is 11.6. The first-order valence-electron chi connectivity index (χ1n) is 10.2. The number of aryl methyl sites for hydroxylation is 2. The second-order valence-corrected chi connectivity index (χ2v) is 8.19. The van der Waals surface area contributed by atoms with E-state index in [0.717, 1.165) is 11.1 Å². The number of nitrogens with one attached hydrogen (secondary N) is 2. The van der Waals surface area contributed by atoms with Crippen molar-refractivity contribution in [3.63, 3.8) is 0 Å². The molecule has 3 rings (SSSR count). The van der Waals surface area contributed by atoms with Crippen molar-refractivity contribution >= 4 is 29.3 Å². The van der Waals surface area contributed by atoms with Crippen molar-refractivity contribution in [2.75, 3.05) is 5.32 Å². The predicted octanol–water partition coefficient (Wildman–Crippen LogP) is 3.98. The summed E-state index contributed by atoms with van der Waals surface area (Å²) in [6.45, 7) is 1.59. The van der Waals surface area contributed by atoms with E-state index in [-0.39, 0.29) is 17.9 Å². The second kappa shape index (κ2) is 10.2. The van der Waals surface area contributed by atoms with Crippen LogP contribution in [-0.4, -0.2) is 26.8 Å². The zero-order valence-electron chi connectivity index (χ0n) is 18.1. The Kier molecular flexibility index (Phi) is 7.40. The number of rotatable bonds is 7. The van der Waals surface area contributed by atoms with Gasteiger partial charge in [-0.2, -0.15) is 0 Å². The summed E-state index contributed by atoms with van der Waals surface area (Å²) in [6, 6.07) is 13.0. The maximum atomic E-state index is 12.6. The van der Waals surface area contributed by atoms with Crippen LogP contribution in [0, 0.1) is 6.92 Å². The van der Waals surface area contributed by atoms with Crippen molar-refractivity contribution in [3.05, 3.63) is 92.4 Å². The SMILES string of the molecule is Cc1cn(C)c(=O)c(NC(=O)NC(CC(=O)O)c2cccc(Cc3cccc(Cl)c3)c2)c1O. The molecule has 1 heterocycles. The van der Waals surface area contributed by atoms with Crippen LogP contribution < -0.4 is 16.2 Å². The summed E-state index contributed by atoms with van der Waals surface area (Å²) in [5.74, 6) is -1.44. The van der Waals surface area contributed by atoms with E-state index in [4.69, 9.17) is 11.6 Å². The van der Waals surface area contributed by atoms with Gasteiger partial charge in [0.25, 0.3) is 5.56 Å². The molecule has 1 aromatic heterocycles. The van der Waals surface area contributed by atoms with Crippen LogP contribution in [0.2, 0.25) is 5.02 Å². The lowest BCUT2D eigenvalue weighted by Crippen LogP contribution is -2.36. The van der Waals surface area contributed by atoms with E-state index in [1.807, 2.05) is 30.3 Å². The molecule has 1 atom stereocenters. The fraction of sp³-hybridized carbons (Fsp3) is 0.208. The first kappa shape index (κ1) is 23.9. The third kappa shape index (κ3) is 6.14. The summed E-state index contributed by atoms with van der Waals surface area (Å²) < 4.78 is 1.23. The molecule has 0 saturated heterocycles. The molecule has 0 aliphatic rings. The average Bonchev–Trinajstić information content (AvgIpc) is 2.75. The summed E-state index contributed by atoms with van der Waals surface area (Å²) in [5, 5.41) is 25.1. The molecule has 8 nitrogen and oxygen atoms in total. The van der Waals surface area contributed by atoms with Crippen molar-refractivity contribution in [1.82, 2.24) is 9.88 Å². The number of nitrogens with zero attached hydrogens (tertiary/aromatic N) is 1. The molecule has 4 N–H and O–H groups in total. The highest BCUT2D eigenvalue weighted by atomic mass is 35.5. The van der Waals surface area contributed by atoms with Gasteiger partial charge < -0.3 is 25.4 Å². The number of carboxylic acids is 1. The van der Waals surface area contributed by atoms with Crippen LogP contribution in [0.5, 0.6) is 5.75 Å². The number of aliphatic carboxylic acids is 1. The molecule has 1 unspecified atom stereocenters. The Morgan fingerprint density at radius 3 is 2.45 bits per heavy atom. The van der Waals surface area contributed by atoms with E-state index in [1.54, 1.807) is 25.1 Å². The minimum atomic E-state index is -1.10. The largest absolute Gasteiger partial charge is 0.505 e. The zero-order valence-corrected chi connectivity index (χ0v) is 18.9. The van der Waals surface area contributed by atoms with Gasteiger partial charge in [0.05, 0.1) is 12.5 Å². The maximum Gasteiger partial charge on any atom is 0.319 e. The molecule has 0 radical (unpaired) electrons. The van der Waals surface area contributed by atoms with Crippen LogP contribution in [0.25, 0.3) is 0 Å². The Morgan fingerprint density at radius 1 is 1.12 bits per heavy atom. The van der Waals surface area contributed by atoms with E-state index in [1.165, 1.54) is 17.8 Å². The molecule has 3 aromatic rings. The smallest absolute Gasteiger partial charge is 0.319 e. The van der Waals surface area contributed by atoms with E-state index >= 15 is 0 Å². The van der Waals surface area contributed by atoms with Gasteiger partial charge in [-0.3, -0.25) is 9.59 Å². The van der Waals surface area contributed by atoms with Gasteiger partial charge in [0, 0.05) is 23.8 Å². The molecular formula is C24H24ClN3O5. The van der Waals surface area contributed by atoms with Gasteiger partial charge in [-0.1, -0.05) is 48.0 Å². The predicted molar refractivity (Wildman–Crippen MR) is 126 cm³/mol. The zero-order chi connectivity index (χ0) is 24.1. The molecule has 0 aliphatic carbocycles. The van der Waals surface area contributed by atoms with E-state index in [0.29, 0.717) is 22.6 Å². The van der Waals surface area contributed by atoms with Crippen molar-refractivity contribution in [2.45, 2.75) is 25.8 Å². The summed E-state index contributed by atoms with van der Waals surface area (Å²) in [5.41, 5.74) is 2.03. The fourth-order valence-electron chi connectivity index (χ4n) is 3.53. The standard InChI is InChI=1S/C24H24ClN3O5/c1-14-13-28(2)23(32)21(22(14)31)27-24(33)26-19(12-20(29)30)17-7-3-5-15(10-17)9-16-6-4-8-18(25)11-16/h3-8,10-11,13,19,31H,9,12H2,1-2H3,(H,29,30)(H2,26,27,33). The molecule has 0 fully saturated rings. The molecule has 2 aromatic carbocycles. The highest BCUT2D eigenvalue weighted by Gasteiger charge is 2.21. The Balaban J connectivity index is 1.83. The molecule has 2 amide bonds. The molecule has 0 aliphatic heterocycles. The minimum Gasteiger partial charge on any atom is -0.505 e. The van der Waals surface area contributed by atoms with Crippen LogP contribution in [0.4, 0.5) is 10.5 Å². The molecule has 9 heteroatoms. The number of pyridine rings is 1. The first-order chi connectivity index (χ1) is 15.6. The van der Waals surface area contributed by atoms with E-state index in [2.05, 4.69) is 10.6 Å². The van der Waals surface area contributed by atoms with Gasteiger partial charge >= 0.3 is 12.0 Å². The molecule has 33 heavy (non-hydrogen) atoms. The van der Waals surface area contributed by atoms with Crippen LogP contribution in [0.15, 0.2) is 59.5 Å². The molecule has 0 bridgehead atoms. The molecule has 172 valence electrons. The lowest BCUT2D eigenvalue weighted by atomic mass is 9.98. The lowest BCUT2D eigenvalue weighted by molar-refractivity contribution is -0.137. The third-order valence-corrected chi connectivity index (χ3v) is 5.34. The highest BCUT2D eigenvalue weighted by molar-refractivity contribution is 6.30. The first-order valence-corrected chi connectivity index (χ1v) is 10.5. The number of halogens is 1. The quantitative estimate of drug-likeness (QED) is 0.417. The Bertz CT molecular complexity index is 1260. The van der Waals surface area contributed by atoms with Gasteiger partial charge in [0.2, 0.25) is 0 Å². The second-order valence-electron chi connectivity index (χ2n) is 7.75. The highest BCUT2D eigenvalue weighted by Crippen LogP contribution is 2.24. The van der Waals surface area contributed by atoms with E-state index < -0.39 is 23.6 Å². The summed E-state index contributed by atoms with van der Waals surface area (Å²) in [4.78, 5) is 36.4. The number of benzene rings is 2. The summed E-state index contributed by atoms with van der Waals surface area (Å²) in [7, 11) is 1.50. The Labute approximate surface area is 195 Å². The topological polar surface area (TPSA) is 121 Å². The number of hydrogen-bond donors (Lipinski definition) is 4. The Hall–Kier alpha value is -3.78. The van der Waals surface area contributed by atoms with Crippen LogP contribution in [0.1, 0.15) is 34.7 Å². The van der Waals surface area contributed by atoms with Crippen LogP contribution in [0.3, 0.4) is 0 Å².